The zero-order valence-corrected chi connectivity index (χ0v) is 22.0. The number of fused-ring (bicyclic) bond motifs is 6. The van der Waals surface area contributed by atoms with Gasteiger partial charge in [0, 0.05) is 34.9 Å². The minimum absolute atomic E-state index is 0.178. The molecule has 8 nitrogen and oxygen atoms in total. The van der Waals surface area contributed by atoms with Crippen molar-refractivity contribution in [2.75, 3.05) is 11.5 Å². The number of benzene rings is 2. The lowest BCUT2D eigenvalue weighted by atomic mass is 9.67. The van der Waals surface area contributed by atoms with E-state index >= 15 is 0 Å². The van der Waals surface area contributed by atoms with Crippen molar-refractivity contribution in [2.24, 2.45) is 11.8 Å². The van der Waals surface area contributed by atoms with Crippen LogP contribution < -0.4 is 9.64 Å². The Kier molecular flexibility index (Phi) is 5.55. The molecule has 3 aliphatic heterocycles. The van der Waals surface area contributed by atoms with Crippen molar-refractivity contribution in [1.29, 1.82) is 5.26 Å². The first-order valence-corrected chi connectivity index (χ1v) is 13.2. The van der Waals surface area contributed by atoms with Crippen LogP contribution in [0.25, 0.3) is 10.8 Å². The predicted octanol–water partition coefficient (Wildman–Crippen LogP) is 4.83. The van der Waals surface area contributed by atoms with Crippen LogP contribution in [0, 0.1) is 30.1 Å². The summed E-state index contributed by atoms with van der Waals surface area (Å²) < 4.78 is 12.6. The second kappa shape index (κ2) is 8.60. The summed E-state index contributed by atoms with van der Waals surface area (Å²) >= 11 is 0. The van der Waals surface area contributed by atoms with Gasteiger partial charge in [0.25, 0.3) is 0 Å². The van der Waals surface area contributed by atoms with E-state index in [1.54, 1.807) is 12.1 Å². The SMILES string of the molecule is Cc1cc(OCC[C@@]23CC[C@@](C)(O2)[C@H]2C(=O)N(c4ccc(C#N)c5ccccc45)C(=O)[C@H]23)nc(C(C)C)n1. The summed E-state index contributed by atoms with van der Waals surface area (Å²) in [6.07, 6.45) is 1.87. The zero-order valence-electron chi connectivity index (χ0n) is 22.0. The fraction of sp³-hybridized carbons (Fsp3) is 0.433. The van der Waals surface area contributed by atoms with Crippen LogP contribution in [-0.2, 0) is 14.3 Å². The van der Waals surface area contributed by atoms with Crippen LogP contribution in [0.2, 0.25) is 0 Å². The molecule has 2 bridgehead atoms. The third kappa shape index (κ3) is 3.52. The molecule has 38 heavy (non-hydrogen) atoms. The monoisotopic (exact) mass is 510 g/mol. The number of hydrogen-bond acceptors (Lipinski definition) is 7. The van der Waals surface area contributed by atoms with Gasteiger partial charge in [-0.1, -0.05) is 38.1 Å². The van der Waals surface area contributed by atoms with Gasteiger partial charge < -0.3 is 9.47 Å². The highest BCUT2D eigenvalue weighted by atomic mass is 16.5. The van der Waals surface area contributed by atoms with Gasteiger partial charge in [-0.2, -0.15) is 10.2 Å². The van der Waals surface area contributed by atoms with Crippen LogP contribution in [0.3, 0.4) is 0 Å². The Morgan fingerprint density at radius 3 is 2.58 bits per heavy atom. The molecule has 3 saturated heterocycles. The number of carbonyl (C=O) groups is 2. The molecule has 1 aromatic heterocycles. The molecule has 0 radical (unpaired) electrons. The van der Waals surface area contributed by atoms with Gasteiger partial charge in [0.05, 0.1) is 47.0 Å². The second-order valence-electron chi connectivity index (χ2n) is 11.2. The number of rotatable bonds is 6. The van der Waals surface area contributed by atoms with E-state index in [2.05, 4.69) is 16.0 Å². The Balaban J connectivity index is 1.30. The minimum atomic E-state index is -0.772. The van der Waals surface area contributed by atoms with Crippen LogP contribution >= 0.6 is 0 Å². The predicted molar refractivity (Wildman–Crippen MR) is 141 cm³/mol. The van der Waals surface area contributed by atoms with Crippen molar-refractivity contribution in [1.82, 2.24) is 9.97 Å². The minimum Gasteiger partial charge on any atom is -0.477 e. The first-order chi connectivity index (χ1) is 18.2. The Bertz CT molecular complexity index is 1530. The number of amides is 2. The average molecular weight is 511 g/mol. The van der Waals surface area contributed by atoms with Gasteiger partial charge in [-0.3, -0.25) is 9.59 Å². The smallest absolute Gasteiger partial charge is 0.240 e. The molecule has 4 heterocycles. The van der Waals surface area contributed by atoms with Gasteiger partial charge in [-0.05, 0) is 38.8 Å². The lowest BCUT2D eigenvalue weighted by molar-refractivity contribution is -0.131. The van der Waals surface area contributed by atoms with Gasteiger partial charge in [-0.15, -0.1) is 0 Å². The maximum Gasteiger partial charge on any atom is 0.240 e. The Morgan fingerprint density at radius 1 is 1.11 bits per heavy atom. The van der Waals surface area contributed by atoms with Gasteiger partial charge in [0.2, 0.25) is 17.7 Å². The molecule has 8 heteroatoms. The van der Waals surface area contributed by atoms with E-state index in [9.17, 15) is 14.9 Å². The fourth-order valence-electron chi connectivity index (χ4n) is 6.65. The van der Waals surface area contributed by atoms with E-state index in [-0.39, 0.29) is 17.7 Å². The maximum absolute atomic E-state index is 14.0. The first kappa shape index (κ1) is 24.5. The van der Waals surface area contributed by atoms with Crippen LogP contribution in [0.4, 0.5) is 5.69 Å². The summed E-state index contributed by atoms with van der Waals surface area (Å²) in [5.74, 6) is -0.182. The molecule has 6 rings (SSSR count). The standard InChI is InChI=1S/C30H30N4O4/c1-17(2)26-32-18(3)15-23(33-26)37-14-13-30-12-11-29(4,38-30)24-25(30)28(36)34(27(24)35)22-10-9-19(16-31)20-7-5-6-8-21(20)22/h5-10,15,17,24-25H,11-14H2,1-4H3/t24-,25+,29-,30-/m1/s1. The number of nitriles is 1. The van der Waals surface area contributed by atoms with E-state index in [4.69, 9.17) is 9.47 Å². The van der Waals surface area contributed by atoms with Crippen molar-refractivity contribution >= 4 is 28.3 Å². The van der Waals surface area contributed by atoms with Crippen molar-refractivity contribution < 1.29 is 19.1 Å². The number of nitrogens with zero attached hydrogens (tertiary/aromatic N) is 4. The molecule has 3 aliphatic rings. The normalized spacial score (nSPS) is 27.8. The Labute approximate surface area is 221 Å². The van der Waals surface area contributed by atoms with E-state index in [0.29, 0.717) is 48.4 Å². The largest absolute Gasteiger partial charge is 0.477 e. The molecule has 0 spiro atoms. The van der Waals surface area contributed by atoms with Gasteiger partial charge in [0.15, 0.2) is 0 Å². The van der Waals surface area contributed by atoms with E-state index in [1.807, 2.05) is 58.0 Å². The third-order valence-corrected chi connectivity index (χ3v) is 8.41. The number of ether oxygens (including phenoxy) is 2. The van der Waals surface area contributed by atoms with Crippen LogP contribution in [0.15, 0.2) is 42.5 Å². The molecule has 0 saturated carbocycles. The Hall–Kier alpha value is -3.83. The molecule has 3 fully saturated rings. The highest BCUT2D eigenvalue weighted by Crippen LogP contribution is 2.62. The lowest BCUT2D eigenvalue weighted by Crippen LogP contribution is -2.43. The summed E-state index contributed by atoms with van der Waals surface area (Å²) in [6.45, 7) is 8.25. The summed E-state index contributed by atoms with van der Waals surface area (Å²) in [4.78, 5) is 38.3. The molecule has 0 aliphatic carbocycles. The number of carbonyl (C=O) groups excluding carboxylic acids is 2. The molecular formula is C30H30N4O4. The van der Waals surface area contributed by atoms with Crippen molar-refractivity contribution in [3.63, 3.8) is 0 Å². The zero-order chi connectivity index (χ0) is 26.8. The molecule has 194 valence electrons. The van der Waals surface area contributed by atoms with Crippen molar-refractivity contribution in [2.45, 2.75) is 64.1 Å². The second-order valence-corrected chi connectivity index (χ2v) is 11.2. The van der Waals surface area contributed by atoms with E-state index in [1.165, 1.54) is 4.90 Å². The van der Waals surface area contributed by atoms with E-state index < -0.39 is 23.0 Å². The number of hydrogen-bond donors (Lipinski definition) is 0. The third-order valence-electron chi connectivity index (χ3n) is 8.41. The molecule has 2 amide bonds. The molecule has 0 N–H and O–H groups in total. The summed E-state index contributed by atoms with van der Waals surface area (Å²) in [5.41, 5.74) is 0.394. The lowest BCUT2D eigenvalue weighted by Gasteiger charge is -2.31. The number of aromatic nitrogens is 2. The molecule has 3 aromatic rings. The van der Waals surface area contributed by atoms with Gasteiger partial charge in [-0.25, -0.2) is 9.88 Å². The van der Waals surface area contributed by atoms with Crippen molar-refractivity contribution in [3.05, 3.63) is 59.5 Å². The van der Waals surface area contributed by atoms with Crippen molar-refractivity contribution in [3.8, 4) is 11.9 Å². The van der Waals surface area contributed by atoms with Crippen LogP contribution in [0.5, 0.6) is 5.88 Å². The first-order valence-electron chi connectivity index (χ1n) is 13.2. The molecular weight excluding hydrogens is 480 g/mol. The summed E-state index contributed by atoms with van der Waals surface area (Å²) in [6, 6.07) is 14.8. The molecule has 2 aromatic carbocycles. The quantitative estimate of drug-likeness (QED) is 0.437. The maximum atomic E-state index is 14.0. The molecule has 4 atom stereocenters. The number of anilines is 1. The van der Waals surface area contributed by atoms with Crippen LogP contribution in [0.1, 0.15) is 63.0 Å². The number of aryl methyl sites for hydroxylation is 1. The topological polar surface area (TPSA) is 105 Å². The average Bonchev–Trinajstić information content (AvgIpc) is 3.47. The van der Waals surface area contributed by atoms with Gasteiger partial charge in [0.1, 0.15) is 5.82 Å². The fourth-order valence-corrected chi connectivity index (χ4v) is 6.65. The number of imide groups is 1. The summed E-state index contributed by atoms with van der Waals surface area (Å²) in [7, 11) is 0. The van der Waals surface area contributed by atoms with Gasteiger partial charge >= 0.3 is 0 Å². The Morgan fingerprint density at radius 2 is 1.84 bits per heavy atom. The molecule has 0 unspecified atom stereocenters. The van der Waals surface area contributed by atoms with Crippen LogP contribution in [-0.4, -0.2) is 39.6 Å². The highest BCUT2D eigenvalue weighted by Gasteiger charge is 2.73. The summed E-state index contributed by atoms with van der Waals surface area (Å²) in [5, 5.41) is 11.0. The van der Waals surface area contributed by atoms with E-state index in [0.717, 1.165) is 16.9 Å². The highest BCUT2D eigenvalue weighted by molar-refractivity contribution is 6.26.